The van der Waals surface area contributed by atoms with E-state index in [0.717, 1.165) is 17.2 Å². The second-order valence-electron chi connectivity index (χ2n) is 6.51. The zero-order valence-electron chi connectivity index (χ0n) is 14.4. The second kappa shape index (κ2) is 6.59. The largest absolute Gasteiger partial charge is 0.345 e. The number of rotatable bonds is 3. The van der Waals surface area contributed by atoms with E-state index in [-0.39, 0.29) is 23.9 Å². The van der Waals surface area contributed by atoms with Crippen molar-refractivity contribution in [2.24, 2.45) is 0 Å². The van der Waals surface area contributed by atoms with Gasteiger partial charge in [0.15, 0.2) is 17.1 Å². The standard InChI is InChI=1S/C19H19N5O2/c1-14-11-23(18(26)13-22-9-7-16(25)8-10-22)12-17-20-21-19(24(14)17)15-5-3-2-4-6-15/h2-10,14H,11-13H2,1H3/t14-/m0/s1. The highest BCUT2D eigenvalue weighted by molar-refractivity contribution is 5.76. The van der Waals surface area contributed by atoms with Gasteiger partial charge in [-0.1, -0.05) is 30.3 Å². The summed E-state index contributed by atoms with van der Waals surface area (Å²) in [6.07, 6.45) is 3.26. The zero-order chi connectivity index (χ0) is 18.1. The first-order valence-corrected chi connectivity index (χ1v) is 8.55. The van der Waals surface area contributed by atoms with Crippen LogP contribution in [-0.2, 0) is 17.9 Å². The first-order chi connectivity index (χ1) is 12.6. The molecule has 3 aromatic rings. The van der Waals surface area contributed by atoms with Crippen LogP contribution in [0.25, 0.3) is 11.4 Å². The third-order valence-corrected chi connectivity index (χ3v) is 4.59. The number of carbonyl (C=O) groups is 1. The number of hydrogen-bond donors (Lipinski definition) is 0. The lowest BCUT2D eigenvalue weighted by Gasteiger charge is -2.32. The number of nitrogens with zero attached hydrogens (tertiary/aromatic N) is 5. The first kappa shape index (κ1) is 16.3. The number of benzene rings is 1. The van der Waals surface area contributed by atoms with Crippen LogP contribution < -0.4 is 5.43 Å². The van der Waals surface area contributed by atoms with Gasteiger partial charge >= 0.3 is 0 Å². The Morgan fingerprint density at radius 2 is 1.85 bits per heavy atom. The fourth-order valence-corrected chi connectivity index (χ4v) is 3.31. The minimum atomic E-state index is -0.0677. The molecule has 7 nitrogen and oxygen atoms in total. The van der Waals surface area contributed by atoms with E-state index in [1.807, 2.05) is 30.3 Å². The summed E-state index contributed by atoms with van der Waals surface area (Å²) in [7, 11) is 0. The molecule has 26 heavy (non-hydrogen) atoms. The van der Waals surface area contributed by atoms with Crippen LogP contribution in [0.3, 0.4) is 0 Å². The maximum Gasteiger partial charge on any atom is 0.242 e. The maximum absolute atomic E-state index is 12.7. The first-order valence-electron chi connectivity index (χ1n) is 8.55. The van der Waals surface area contributed by atoms with Gasteiger partial charge in [-0.3, -0.25) is 9.59 Å². The Morgan fingerprint density at radius 1 is 1.12 bits per heavy atom. The number of carbonyl (C=O) groups excluding carboxylic acids is 1. The van der Waals surface area contributed by atoms with E-state index in [2.05, 4.69) is 21.7 Å². The van der Waals surface area contributed by atoms with Crippen LogP contribution in [0.1, 0.15) is 18.8 Å². The van der Waals surface area contributed by atoms with Gasteiger partial charge in [-0.25, -0.2) is 0 Å². The third-order valence-electron chi connectivity index (χ3n) is 4.59. The molecule has 1 aliphatic rings. The van der Waals surface area contributed by atoms with Crippen molar-refractivity contribution < 1.29 is 4.79 Å². The molecular weight excluding hydrogens is 330 g/mol. The minimum absolute atomic E-state index is 0.00369. The van der Waals surface area contributed by atoms with E-state index in [0.29, 0.717) is 13.1 Å². The molecule has 1 amide bonds. The average molecular weight is 349 g/mol. The molecule has 4 rings (SSSR count). The molecule has 132 valence electrons. The summed E-state index contributed by atoms with van der Waals surface area (Å²) in [5.41, 5.74) is 0.952. The summed E-state index contributed by atoms with van der Waals surface area (Å²) >= 11 is 0. The highest BCUT2D eigenvalue weighted by atomic mass is 16.2. The molecule has 0 aliphatic carbocycles. The number of fused-ring (bicyclic) bond motifs is 1. The second-order valence-corrected chi connectivity index (χ2v) is 6.51. The predicted molar refractivity (Wildman–Crippen MR) is 96.3 cm³/mol. The summed E-state index contributed by atoms with van der Waals surface area (Å²) in [6, 6.07) is 12.9. The normalized spacial score (nSPS) is 16.3. The van der Waals surface area contributed by atoms with Crippen LogP contribution in [0, 0.1) is 0 Å². The topological polar surface area (TPSA) is 73.0 Å². The molecular formula is C19H19N5O2. The van der Waals surface area contributed by atoms with Gasteiger partial charge in [0.25, 0.3) is 0 Å². The van der Waals surface area contributed by atoms with Crippen LogP contribution in [0.2, 0.25) is 0 Å². The molecule has 1 aliphatic heterocycles. The van der Waals surface area contributed by atoms with Gasteiger partial charge < -0.3 is 14.0 Å². The van der Waals surface area contributed by atoms with E-state index in [9.17, 15) is 9.59 Å². The molecule has 0 saturated heterocycles. The van der Waals surface area contributed by atoms with Crippen LogP contribution in [0.4, 0.5) is 0 Å². The molecule has 0 spiro atoms. The molecule has 0 fully saturated rings. The quantitative estimate of drug-likeness (QED) is 0.722. The number of pyridine rings is 1. The van der Waals surface area contributed by atoms with Crippen molar-refractivity contribution in [2.75, 3.05) is 6.54 Å². The lowest BCUT2D eigenvalue weighted by atomic mass is 10.1. The van der Waals surface area contributed by atoms with E-state index >= 15 is 0 Å². The Balaban J connectivity index is 1.55. The van der Waals surface area contributed by atoms with E-state index in [1.54, 1.807) is 21.9 Å². The predicted octanol–water partition coefficient (Wildman–Crippen LogP) is 1.71. The summed E-state index contributed by atoms with van der Waals surface area (Å²) < 4.78 is 3.82. The maximum atomic E-state index is 12.7. The number of amides is 1. The average Bonchev–Trinajstić information content (AvgIpc) is 3.09. The summed E-state index contributed by atoms with van der Waals surface area (Å²) in [5, 5.41) is 8.65. The third kappa shape index (κ3) is 3.03. The molecule has 2 aromatic heterocycles. The zero-order valence-corrected chi connectivity index (χ0v) is 14.4. The lowest BCUT2D eigenvalue weighted by Crippen LogP contribution is -2.42. The highest BCUT2D eigenvalue weighted by Crippen LogP contribution is 2.27. The van der Waals surface area contributed by atoms with Crippen molar-refractivity contribution in [1.82, 2.24) is 24.2 Å². The van der Waals surface area contributed by atoms with Gasteiger partial charge in [0.1, 0.15) is 6.54 Å². The van der Waals surface area contributed by atoms with Crippen LogP contribution in [-0.4, -0.2) is 36.7 Å². The Hall–Kier alpha value is -3.22. The van der Waals surface area contributed by atoms with Crippen molar-refractivity contribution in [3.05, 3.63) is 70.9 Å². The molecule has 3 heterocycles. The molecule has 1 aromatic carbocycles. The van der Waals surface area contributed by atoms with Gasteiger partial charge in [0, 0.05) is 36.6 Å². The van der Waals surface area contributed by atoms with Crippen LogP contribution in [0.5, 0.6) is 0 Å². The molecule has 1 atom stereocenters. The molecule has 0 saturated carbocycles. The Bertz CT molecular complexity index is 972. The summed E-state index contributed by atoms with van der Waals surface area (Å²) in [6.45, 7) is 3.30. The van der Waals surface area contributed by atoms with Crippen molar-refractivity contribution in [3.8, 4) is 11.4 Å². The number of hydrogen-bond acceptors (Lipinski definition) is 4. The molecule has 7 heteroatoms. The number of aromatic nitrogens is 4. The van der Waals surface area contributed by atoms with Gasteiger partial charge in [-0.15, -0.1) is 10.2 Å². The highest BCUT2D eigenvalue weighted by Gasteiger charge is 2.29. The van der Waals surface area contributed by atoms with Crippen LogP contribution in [0.15, 0.2) is 59.7 Å². The fourth-order valence-electron chi connectivity index (χ4n) is 3.31. The van der Waals surface area contributed by atoms with Gasteiger partial charge in [0.2, 0.25) is 5.91 Å². The molecule has 0 unspecified atom stereocenters. The van der Waals surface area contributed by atoms with E-state index < -0.39 is 0 Å². The smallest absolute Gasteiger partial charge is 0.242 e. The van der Waals surface area contributed by atoms with Gasteiger partial charge in [-0.2, -0.15) is 0 Å². The van der Waals surface area contributed by atoms with Crippen LogP contribution >= 0.6 is 0 Å². The molecule has 0 bridgehead atoms. The molecule has 0 N–H and O–H groups in total. The summed E-state index contributed by atoms with van der Waals surface area (Å²) in [4.78, 5) is 25.6. The lowest BCUT2D eigenvalue weighted by molar-refractivity contribution is -0.133. The minimum Gasteiger partial charge on any atom is -0.345 e. The van der Waals surface area contributed by atoms with Gasteiger partial charge in [-0.05, 0) is 6.92 Å². The Labute approximate surface area is 150 Å². The Morgan fingerprint density at radius 3 is 2.58 bits per heavy atom. The van der Waals surface area contributed by atoms with E-state index in [4.69, 9.17) is 0 Å². The molecule has 0 radical (unpaired) electrons. The summed E-state index contributed by atoms with van der Waals surface area (Å²) in [5.74, 6) is 1.62. The van der Waals surface area contributed by atoms with Gasteiger partial charge in [0.05, 0.1) is 12.6 Å². The van der Waals surface area contributed by atoms with Crippen molar-refractivity contribution in [2.45, 2.75) is 26.1 Å². The van der Waals surface area contributed by atoms with E-state index in [1.165, 1.54) is 12.1 Å². The fraction of sp³-hybridized carbons (Fsp3) is 0.263. The van der Waals surface area contributed by atoms with Crippen molar-refractivity contribution >= 4 is 5.91 Å². The monoisotopic (exact) mass is 349 g/mol. The Kier molecular flexibility index (Phi) is 4.12. The SMILES string of the molecule is C[C@H]1CN(C(=O)Cn2ccc(=O)cc2)Cc2nnc(-c3ccccc3)n21. The van der Waals surface area contributed by atoms with Crippen molar-refractivity contribution in [3.63, 3.8) is 0 Å². The van der Waals surface area contributed by atoms with Crippen molar-refractivity contribution in [1.29, 1.82) is 0 Å².